The van der Waals surface area contributed by atoms with E-state index in [0.29, 0.717) is 12.2 Å². The van der Waals surface area contributed by atoms with E-state index in [-0.39, 0.29) is 5.97 Å². The quantitative estimate of drug-likeness (QED) is 0.0762. The molecule has 0 heterocycles. The second kappa shape index (κ2) is 16.9. The molecule has 26 heavy (non-hydrogen) atoms. The Hall–Kier alpha value is -0.283. The Morgan fingerprint density at radius 2 is 1.12 bits per heavy atom. The third-order valence-corrected chi connectivity index (χ3v) is 6.86. The third kappa shape index (κ3) is 20.0. The van der Waals surface area contributed by atoms with Crippen molar-refractivity contribution in [3.05, 3.63) is 12.2 Å². The number of halogens is 1. The summed E-state index contributed by atoms with van der Waals surface area (Å²) in [6.45, 7) is 10.3. The molecule has 0 spiro atoms. The van der Waals surface area contributed by atoms with Crippen molar-refractivity contribution in [2.75, 3.05) is 6.61 Å². The van der Waals surface area contributed by atoms with E-state index in [4.69, 9.17) is 15.8 Å². The summed E-state index contributed by atoms with van der Waals surface area (Å²) in [6.07, 6.45) is 18.5. The predicted octanol–water partition coefficient (Wildman–Crippen LogP) is 8.01. The van der Waals surface area contributed by atoms with Crippen LogP contribution in [0.2, 0.25) is 19.1 Å². The molecular formula is C22H43ClO2Si. The molecule has 0 unspecified atom stereocenters. The monoisotopic (exact) mass is 402 g/mol. The highest BCUT2D eigenvalue weighted by molar-refractivity contribution is 7.19. The van der Waals surface area contributed by atoms with Crippen LogP contribution in [0.25, 0.3) is 0 Å². The first-order chi connectivity index (χ1) is 12.3. The van der Waals surface area contributed by atoms with E-state index in [0.717, 1.165) is 12.8 Å². The second-order valence-electron chi connectivity index (χ2n) is 8.33. The molecule has 0 N–H and O–H groups in total. The van der Waals surface area contributed by atoms with Crippen LogP contribution in [0.15, 0.2) is 12.2 Å². The molecule has 0 atom stereocenters. The number of hydrogen-bond acceptors (Lipinski definition) is 2. The molecule has 0 amide bonds. The number of esters is 1. The van der Waals surface area contributed by atoms with E-state index in [1.807, 2.05) is 0 Å². The Labute approximate surface area is 168 Å². The standard InChI is InChI=1S/C22H43ClO2Si/c1-21(2)22(24)25-19-17-15-13-11-9-7-5-6-8-10-12-14-16-18-20-26(3,4)23/h1,5-20H2,2-4H3. The van der Waals surface area contributed by atoms with Crippen LogP contribution in [0, 0.1) is 0 Å². The highest BCUT2D eigenvalue weighted by atomic mass is 35.6. The molecular weight excluding hydrogens is 360 g/mol. The fraction of sp³-hybridized carbons (Fsp3) is 0.864. The van der Waals surface area contributed by atoms with Crippen molar-refractivity contribution < 1.29 is 9.53 Å². The molecule has 0 aromatic rings. The highest BCUT2D eigenvalue weighted by Crippen LogP contribution is 2.19. The Bertz CT molecular complexity index is 364. The fourth-order valence-corrected chi connectivity index (χ4v) is 4.55. The Morgan fingerprint density at radius 3 is 1.46 bits per heavy atom. The zero-order chi connectivity index (χ0) is 19.7. The number of unbranched alkanes of at least 4 members (excludes halogenated alkanes) is 13. The first-order valence-corrected chi connectivity index (χ1v) is 15.1. The summed E-state index contributed by atoms with van der Waals surface area (Å²) in [5.41, 5.74) is 0.488. The maximum atomic E-state index is 11.2. The van der Waals surface area contributed by atoms with Gasteiger partial charge in [-0.1, -0.05) is 103 Å². The topological polar surface area (TPSA) is 26.3 Å². The maximum Gasteiger partial charge on any atom is 0.333 e. The summed E-state index contributed by atoms with van der Waals surface area (Å²) in [7, 11) is -1.32. The fourth-order valence-electron chi connectivity index (χ4n) is 3.06. The van der Waals surface area contributed by atoms with Crippen LogP contribution in [0.4, 0.5) is 0 Å². The minimum absolute atomic E-state index is 0.258. The number of carbonyl (C=O) groups is 1. The van der Waals surface area contributed by atoms with Crippen LogP contribution < -0.4 is 0 Å². The summed E-state index contributed by atoms with van der Waals surface area (Å²) in [6, 6.07) is 1.27. The minimum Gasteiger partial charge on any atom is -0.462 e. The van der Waals surface area contributed by atoms with E-state index in [9.17, 15) is 4.79 Å². The van der Waals surface area contributed by atoms with E-state index in [1.165, 1.54) is 83.1 Å². The molecule has 2 nitrogen and oxygen atoms in total. The van der Waals surface area contributed by atoms with Gasteiger partial charge in [-0.15, -0.1) is 0 Å². The van der Waals surface area contributed by atoms with Crippen LogP contribution in [-0.4, -0.2) is 20.0 Å². The van der Waals surface area contributed by atoms with Gasteiger partial charge in [-0.2, -0.15) is 11.1 Å². The van der Waals surface area contributed by atoms with Crippen molar-refractivity contribution in [2.45, 2.75) is 116 Å². The molecule has 4 heteroatoms. The molecule has 0 aliphatic rings. The van der Waals surface area contributed by atoms with Gasteiger partial charge in [0, 0.05) is 5.57 Å². The Balaban J connectivity index is 3.11. The van der Waals surface area contributed by atoms with Gasteiger partial charge >= 0.3 is 5.97 Å². The molecule has 0 rings (SSSR count). The largest absolute Gasteiger partial charge is 0.462 e. The van der Waals surface area contributed by atoms with Crippen molar-refractivity contribution >= 4 is 24.4 Å². The molecule has 0 saturated heterocycles. The van der Waals surface area contributed by atoms with Gasteiger partial charge in [0.2, 0.25) is 0 Å². The van der Waals surface area contributed by atoms with E-state index in [2.05, 4.69) is 19.7 Å². The smallest absolute Gasteiger partial charge is 0.333 e. The average Bonchev–Trinajstić information content (AvgIpc) is 2.56. The van der Waals surface area contributed by atoms with Gasteiger partial charge in [-0.05, 0) is 19.4 Å². The van der Waals surface area contributed by atoms with Crippen molar-refractivity contribution in [3.63, 3.8) is 0 Å². The maximum absolute atomic E-state index is 11.2. The first kappa shape index (κ1) is 25.7. The molecule has 0 aliphatic carbocycles. The zero-order valence-corrected chi connectivity index (χ0v) is 19.5. The van der Waals surface area contributed by atoms with Gasteiger partial charge in [0.15, 0.2) is 0 Å². The van der Waals surface area contributed by atoms with Gasteiger partial charge in [0.05, 0.1) is 6.61 Å². The third-order valence-electron chi connectivity index (χ3n) is 4.75. The minimum atomic E-state index is -1.32. The van der Waals surface area contributed by atoms with E-state index < -0.39 is 7.38 Å². The van der Waals surface area contributed by atoms with Gasteiger partial charge in [0.25, 0.3) is 0 Å². The molecule has 0 saturated carbocycles. The summed E-state index contributed by atoms with van der Waals surface area (Å²) < 4.78 is 5.09. The van der Waals surface area contributed by atoms with Crippen molar-refractivity contribution in [1.82, 2.24) is 0 Å². The summed E-state index contributed by atoms with van der Waals surface area (Å²) >= 11 is 6.34. The predicted molar refractivity (Wildman–Crippen MR) is 119 cm³/mol. The highest BCUT2D eigenvalue weighted by Gasteiger charge is 2.15. The van der Waals surface area contributed by atoms with Crippen molar-refractivity contribution in [2.24, 2.45) is 0 Å². The normalized spacial score (nSPS) is 11.5. The van der Waals surface area contributed by atoms with Crippen molar-refractivity contribution in [3.8, 4) is 0 Å². The lowest BCUT2D eigenvalue weighted by atomic mass is 10.0. The number of rotatable bonds is 18. The lowest BCUT2D eigenvalue weighted by Crippen LogP contribution is -2.14. The van der Waals surface area contributed by atoms with Crippen LogP contribution in [0.5, 0.6) is 0 Å². The molecule has 154 valence electrons. The van der Waals surface area contributed by atoms with E-state index >= 15 is 0 Å². The molecule has 0 aliphatic heterocycles. The average molecular weight is 403 g/mol. The zero-order valence-electron chi connectivity index (χ0n) is 17.7. The first-order valence-electron chi connectivity index (χ1n) is 10.8. The lowest BCUT2D eigenvalue weighted by molar-refractivity contribution is -0.139. The van der Waals surface area contributed by atoms with Gasteiger partial charge < -0.3 is 4.74 Å². The van der Waals surface area contributed by atoms with Gasteiger partial charge in [-0.25, -0.2) is 4.79 Å². The van der Waals surface area contributed by atoms with Crippen LogP contribution in [0.1, 0.15) is 96.8 Å². The second-order valence-corrected chi connectivity index (χ2v) is 15.3. The SMILES string of the molecule is C=C(C)C(=O)OCCCCCCCCCCCCCCCC[Si](C)(C)Cl. The van der Waals surface area contributed by atoms with Crippen molar-refractivity contribution in [1.29, 1.82) is 0 Å². The number of ether oxygens (including phenoxy) is 1. The molecule has 0 bridgehead atoms. The summed E-state index contributed by atoms with van der Waals surface area (Å²) in [5, 5.41) is 0. The lowest BCUT2D eigenvalue weighted by Gasteiger charge is -2.11. The number of hydrogen-bond donors (Lipinski definition) is 0. The molecule has 0 radical (unpaired) electrons. The molecule has 0 fully saturated rings. The van der Waals surface area contributed by atoms with Gasteiger partial charge in [0.1, 0.15) is 7.38 Å². The van der Waals surface area contributed by atoms with Crippen LogP contribution in [-0.2, 0) is 9.53 Å². The molecule has 0 aromatic heterocycles. The summed E-state index contributed by atoms with van der Waals surface area (Å²) in [4.78, 5) is 11.2. The van der Waals surface area contributed by atoms with E-state index in [1.54, 1.807) is 6.92 Å². The Morgan fingerprint density at radius 1 is 0.769 bits per heavy atom. The summed E-state index contributed by atoms with van der Waals surface area (Å²) in [5.74, 6) is -0.258. The van der Waals surface area contributed by atoms with Gasteiger partial charge in [-0.3, -0.25) is 0 Å². The molecule has 0 aromatic carbocycles. The van der Waals surface area contributed by atoms with Crippen LogP contribution >= 0.6 is 11.1 Å². The van der Waals surface area contributed by atoms with Crippen LogP contribution in [0.3, 0.4) is 0 Å². The number of carbonyl (C=O) groups excluding carboxylic acids is 1. The Kier molecular flexibility index (Phi) is 16.7.